The lowest BCUT2D eigenvalue weighted by molar-refractivity contribution is 0.0523. The van der Waals surface area contributed by atoms with Gasteiger partial charge in [0.1, 0.15) is 16.9 Å². The lowest BCUT2D eigenvalue weighted by atomic mass is 10.1. The molecule has 23 heavy (non-hydrogen) atoms. The fourth-order valence-corrected chi connectivity index (χ4v) is 2.03. The molecule has 0 aliphatic heterocycles. The van der Waals surface area contributed by atoms with Crippen LogP contribution >= 0.6 is 0 Å². The summed E-state index contributed by atoms with van der Waals surface area (Å²) in [6.45, 7) is 1.82. The fraction of sp³-hybridized carbons (Fsp3) is 0.188. The van der Waals surface area contributed by atoms with Crippen molar-refractivity contribution < 1.29 is 23.8 Å². The van der Waals surface area contributed by atoms with E-state index in [1.54, 1.807) is 6.92 Å². The van der Waals surface area contributed by atoms with E-state index in [0.29, 0.717) is 5.56 Å². The fourth-order valence-electron chi connectivity index (χ4n) is 2.03. The number of ether oxygens (including phenoxy) is 1. The molecule has 0 aliphatic rings. The van der Waals surface area contributed by atoms with Crippen molar-refractivity contribution in [3.63, 3.8) is 0 Å². The molecule has 0 amide bonds. The lowest BCUT2D eigenvalue weighted by Gasteiger charge is -2.10. The quantitative estimate of drug-likeness (QED) is 0.851. The summed E-state index contributed by atoms with van der Waals surface area (Å²) in [6, 6.07) is 5.58. The van der Waals surface area contributed by atoms with Crippen LogP contribution in [0.5, 0.6) is 0 Å². The van der Waals surface area contributed by atoms with Crippen LogP contribution in [-0.4, -0.2) is 28.2 Å². The number of carbonyl (C=O) groups is 2. The van der Waals surface area contributed by atoms with Gasteiger partial charge >= 0.3 is 11.9 Å². The van der Waals surface area contributed by atoms with Gasteiger partial charge in [-0.15, -0.1) is 0 Å². The molecule has 0 saturated heterocycles. The summed E-state index contributed by atoms with van der Waals surface area (Å²) in [5, 5.41) is 9.11. The van der Waals surface area contributed by atoms with Gasteiger partial charge in [-0.05, 0) is 24.6 Å². The van der Waals surface area contributed by atoms with Crippen molar-refractivity contribution in [2.45, 2.75) is 13.5 Å². The second kappa shape index (κ2) is 6.87. The van der Waals surface area contributed by atoms with Gasteiger partial charge in [-0.3, -0.25) is 4.79 Å². The van der Waals surface area contributed by atoms with Crippen molar-refractivity contribution in [2.75, 3.05) is 6.61 Å². The molecule has 0 unspecified atom stereocenters. The molecule has 0 radical (unpaired) electrons. The summed E-state index contributed by atoms with van der Waals surface area (Å²) in [5.74, 6) is -2.71. The minimum Gasteiger partial charge on any atom is -0.477 e. The van der Waals surface area contributed by atoms with Crippen molar-refractivity contribution >= 4 is 11.9 Å². The molecular formula is C16H14FNO5. The third-order valence-corrected chi connectivity index (χ3v) is 3.08. The van der Waals surface area contributed by atoms with Crippen LogP contribution in [0.4, 0.5) is 4.39 Å². The van der Waals surface area contributed by atoms with E-state index in [1.165, 1.54) is 35.0 Å². The summed E-state index contributed by atoms with van der Waals surface area (Å²) >= 11 is 0. The molecule has 120 valence electrons. The Morgan fingerprint density at radius 2 is 1.78 bits per heavy atom. The summed E-state index contributed by atoms with van der Waals surface area (Å²) in [6.07, 6.45) is 2.37. The van der Waals surface area contributed by atoms with E-state index >= 15 is 0 Å². The van der Waals surface area contributed by atoms with Gasteiger partial charge in [0.15, 0.2) is 0 Å². The molecule has 2 aromatic rings. The normalized spacial score (nSPS) is 10.3. The van der Waals surface area contributed by atoms with E-state index in [9.17, 15) is 18.8 Å². The average molecular weight is 319 g/mol. The molecule has 1 N–H and O–H groups in total. The number of carbonyl (C=O) groups excluding carboxylic acids is 1. The number of carboxylic acids is 1. The molecule has 0 aliphatic carbocycles. The number of carboxylic acid groups (broad SMARTS) is 1. The Kier molecular flexibility index (Phi) is 4.90. The van der Waals surface area contributed by atoms with Crippen LogP contribution in [0.2, 0.25) is 0 Å². The van der Waals surface area contributed by atoms with E-state index in [2.05, 4.69) is 0 Å². The zero-order valence-electron chi connectivity index (χ0n) is 12.3. The van der Waals surface area contributed by atoms with Gasteiger partial charge in [0.25, 0.3) is 0 Å². The third kappa shape index (κ3) is 3.82. The highest BCUT2D eigenvalue weighted by Crippen LogP contribution is 2.08. The molecule has 6 nitrogen and oxygen atoms in total. The predicted octanol–water partition coefficient (Wildman–Crippen LogP) is 1.91. The summed E-state index contributed by atoms with van der Waals surface area (Å²) in [5.41, 5.74) is -1.10. The number of halogens is 1. The van der Waals surface area contributed by atoms with Crippen LogP contribution < -0.4 is 5.43 Å². The Morgan fingerprint density at radius 3 is 2.35 bits per heavy atom. The van der Waals surface area contributed by atoms with E-state index in [-0.39, 0.29) is 18.7 Å². The maximum atomic E-state index is 12.9. The lowest BCUT2D eigenvalue weighted by Crippen LogP contribution is -2.26. The van der Waals surface area contributed by atoms with Crippen LogP contribution in [-0.2, 0) is 11.3 Å². The molecule has 7 heteroatoms. The second-order valence-electron chi connectivity index (χ2n) is 4.74. The summed E-state index contributed by atoms with van der Waals surface area (Å²) in [4.78, 5) is 35.0. The van der Waals surface area contributed by atoms with Crippen molar-refractivity contribution in [3.05, 3.63) is 69.4 Å². The number of esters is 1. The van der Waals surface area contributed by atoms with Crippen LogP contribution in [0, 0.1) is 5.82 Å². The summed E-state index contributed by atoms with van der Waals surface area (Å²) in [7, 11) is 0. The monoisotopic (exact) mass is 319 g/mol. The Bertz CT molecular complexity index is 795. The number of pyridine rings is 1. The molecule has 2 rings (SSSR count). The van der Waals surface area contributed by atoms with Gasteiger partial charge in [-0.2, -0.15) is 0 Å². The number of benzene rings is 1. The Morgan fingerprint density at radius 1 is 1.17 bits per heavy atom. The number of nitrogens with zero attached hydrogens (tertiary/aromatic N) is 1. The second-order valence-corrected chi connectivity index (χ2v) is 4.74. The summed E-state index contributed by atoms with van der Waals surface area (Å²) < 4.78 is 19.1. The van der Waals surface area contributed by atoms with E-state index < -0.39 is 28.7 Å². The first-order valence-electron chi connectivity index (χ1n) is 6.81. The van der Waals surface area contributed by atoms with Gasteiger partial charge in [0.05, 0.1) is 6.61 Å². The predicted molar refractivity (Wildman–Crippen MR) is 79.1 cm³/mol. The first-order chi connectivity index (χ1) is 10.9. The molecule has 0 saturated carbocycles. The molecule has 0 fully saturated rings. The SMILES string of the molecule is CCOC(=O)c1cn(Cc2ccc(F)cc2)cc(C(=O)O)c1=O. The van der Waals surface area contributed by atoms with E-state index in [4.69, 9.17) is 9.84 Å². The van der Waals surface area contributed by atoms with E-state index in [1.807, 2.05) is 0 Å². The minimum absolute atomic E-state index is 0.0630. The topological polar surface area (TPSA) is 85.6 Å². The van der Waals surface area contributed by atoms with Gasteiger partial charge in [0.2, 0.25) is 5.43 Å². The average Bonchev–Trinajstić information content (AvgIpc) is 2.51. The smallest absolute Gasteiger partial charge is 0.343 e. The van der Waals surface area contributed by atoms with Crippen LogP contribution in [0.3, 0.4) is 0 Å². The number of aromatic carboxylic acids is 1. The maximum Gasteiger partial charge on any atom is 0.343 e. The van der Waals surface area contributed by atoms with Crippen LogP contribution in [0.1, 0.15) is 33.2 Å². The molecule has 1 aromatic carbocycles. The van der Waals surface area contributed by atoms with Gasteiger partial charge < -0.3 is 14.4 Å². The first kappa shape index (κ1) is 16.4. The van der Waals surface area contributed by atoms with Crippen molar-refractivity contribution in [1.82, 2.24) is 4.57 Å². The Hall–Kier alpha value is -2.96. The molecule has 0 atom stereocenters. The highest BCUT2D eigenvalue weighted by molar-refractivity contribution is 5.93. The molecule has 0 bridgehead atoms. The van der Waals surface area contributed by atoms with E-state index in [0.717, 1.165) is 6.20 Å². The number of hydrogen-bond donors (Lipinski definition) is 1. The van der Waals surface area contributed by atoms with Crippen LogP contribution in [0.15, 0.2) is 41.5 Å². The minimum atomic E-state index is -1.44. The largest absolute Gasteiger partial charge is 0.477 e. The first-order valence-corrected chi connectivity index (χ1v) is 6.81. The number of rotatable bonds is 5. The van der Waals surface area contributed by atoms with Crippen molar-refractivity contribution in [2.24, 2.45) is 0 Å². The zero-order valence-corrected chi connectivity index (χ0v) is 12.3. The highest BCUT2D eigenvalue weighted by atomic mass is 19.1. The molecule has 0 spiro atoms. The Balaban J connectivity index is 2.47. The standard InChI is InChI=1S/C16H14FNO5/c1-2-23-16(22)13-9-18(8-12(14(13)19)15(20)21)7-10-3-5-11(17)6-4-10/h3-6,8-9H,2,7H2,1H3,(H,20,21). The van der Waals surface area contributed by atoms with Crippen molar-refractivity contribution in [1.29, 1.82) is 0 Å². The Labute approximate surface area is 130 Å². The molecule has 1 aromatic heterocycles. The highest BCUT2D eigenvalue weighted by Gasteiger charge is 2.19. The molecule has 1 heterocycles. The number of hydrogen-bond acceptors (Lipinski definition) is 4. The number of aromatic nitrogens is 1. The molecular weight excluding hydrogens is 305 g/mol. The third-order valence-electron chi connectivity index (χ3n) is 3.08. The van der Waals surface area contributed by atoms with Gasteiger partial charge in [0, 0.05) is 18.9 Å². The van der Waals surface area contributed by atoms with Crippen LogP contribution in [0.25, 0.3) is 0 Å². The maximum absolute atomic E-state index is 12.9. The zero-order chi connectivity index (χ0) is 17.0. The van der Waals surface area contributed by atoms with Gasteiger partial charge in [-0.25, -0.2) is 14.0 Å². The van der Waals surface area contributed by atoms with Crippen molar-refractivity contribution in [3.8, 4) is 0 Å². The van der Waals surface area contributed by atoms with Gasteiger partial charge in [-0.1, -0.05) is 12.1 Å².